The summed E-state index contributed by atoms with van der Waals surface area (Å²) in [5, 5.41) is 16.2. The lowest BCUT2D eigenvalue weighted by Gasteiger charge is -2.17. The van der Waals surface area contributed by atoms with Crippen molar-refractivity contribution in [1.29, 1.82) is 0 Å². The van der Waals surface area contributed by atoms with Crippen molar-refractivity contribution in [3.63, 3.8) is 0 Å². The Labute approximate surface area is 214 Å². The van der Waals surface area contributed by atoms with Crippen LogP contribution in [0.3, 0.4) is 0 Å². The van der Waals surface area contributed by atoms with Gasteiger partial charge in [-0.3, -0.25) is 0 Å². The van der Waals surface area contributed by atoms with Gasteiger partial charge < -0.3 is 0 Å². The van der Waals surface area contributed by atoms with Crippen molar-refractivity contribution in [2.45, 2.75) is 6.42 Å². The normalized spacial score (nSPS) is 12.8. The van der Waals surface area contributed by atoms with Gasteiger partial charge in [0.2, 0.25) is 0 Å². The Hall–Kier alpha value is -4.68. The second kappa shape index (κ2) is 6.96. The Balaban J connectivity index is 1.56. The molecule has 1 aliphatic carbocycles. The zero-order chi connectivity index (χ0) is 24.1. The Morgan fingerprint density at radius 2 is 0.838 bits per heavy atom. The molecule has 0 unspecified atom stereocenters. The summed E-state index contributed by atoms with van der Waals surface area (Å²) in [4.78, 5) is 0. The largest absolute Gasteiger partial charge is 0.0616 e. The SMILES string of the molecule is c1ccc2c(c1)ccc1c3c(c4ccccc4c12)-c1c(ccc2c4ccccc4c4ccccc4c12)C3. The molecule has 0 heteroatoms. The minimum atomic E-state index is 0.974. The molecule has 0 fully saturated rings. The summed E-state index contributed by atoms with van der Waals surface area (Å²) in [5.74, 6) is 0. The fraction of sp³-hybridized carbons (Fsp3) is 0.0270. The lowest BCUT2D eigenvalue weighted by Crippen LogP contribution is -1.90. The predicted molar refractivity (Wildman–Crippen MR) is 160 cm³/mol. The molecule has 0 amide bonds. The first kappa shape index (κ1) is 19.5. The van der Waals surface area contributed by atoms with Gasteiger partial charge in [0, 0.05) is 0 Å². The van der Waals surface area contributed by atoms with Crippen molar-refractivity contribution in [2.24, 2.45) is 0 Å². The molecule has 0 aromatic heterocycles. The molecule has 170 valence electrons. The number of fused-ring (bicyclic) bond motifs is 17. The van der Waals surface area contributed by atoms with Gasteiger partial charge in [0.05, 0.1) is 0 Å². The molecule has 0 aliphatic heterocycles. The number of hydrogen-bond acceptors (Lipinski definition) is 0. The van der Waals surface area contributed by atoms with Crippen molar-refractivity contribution in [1.82, 2.24) is 0 Å². The summed E-state index contributed by atoms with van der Waals surface area (Å²) in [5.41, 5.74) is 5.77. The highest BCUT2D eigenvalue weighted by molar-refractivity contribution is 6.32. The van der Waals surface area contributed by atoms with Crippen LogP contribution < -0.4 is 0 Å². The van der Waals surface area contributed by atoms with Gasteiger partial charge in [-0.15, -0.1) is 0 Å². The van der Waals surface area contributed by atoms with Gasteiger partial charge in [-0.05, 0) is 93.3 Å². The minimum absolute atomic E-state index is 0.974. The van der Waals surface area contributed by atoms with Crippen LogP contribution in [0.5, 0.6) is 0 Å². The number of hydrogen-bond donors (Lipinski definition) is 0. The zero-order valence-electron chi connectivity index (χ0n) is 20.3. The number of rotatable bonds is 0. The van der Waals surface area contributed by atoms with Crippen molar-refractivity contribution in [3.05, 3.63) is 132 Å². The van der Waals surface area contributed by atoms with Crippen LogP contribution in [0.1, 0.15) is 11.1 Å². The summed E-state index contributed by atoms with van der Waals surface area (Å²) in [6.07, 6.45) is 0.974. The maximum absolute atomic E-state index is 2.39. The molecule has 0 nitrogen and oxygen atoms in total. The van der Waals surface area contributed by atoms with E-state index in [-0.39, 0.29) is 0 Å². The second-order valence-electron chi connectivity index (χ2n) is 10.4. The van der Waals surface area contributed by atoms with E-state index in [1.807, 2.05) is 0 Å². The van der Waals surface area contributed by atoms with E-state index in [0.717, 1.165) is 6.42 Å². The van der Waals surface area contributed by atoms with Crippen molar-refractivity contribution in [2.75, 3.05) is 0 Å². The number of benzene rings is 8. The van der Waals surface area contributed by atoms with Crippen LogP contribution in [0.2, 0.25) is 0 Å². The summed E-state index contributed by atoms with van der Waals surface area (Å²) >= 11 is 0. The highest BCUT2D eigenvalue weighted by Crippen LogP contribution is 2.52. The van der Waals surface area contributed by atoms with E-state index >= 15 is 0 Å². The van der Waals surface area contributed by atoms with E-state index < -0.39 is 0 Å². The molecule has 0 saturated carbocycles. The van der Waals surface area contributed by atoms with Crippen LogP contribution >= 0.6 is 0 Å². The van der Waals surface area contributed by atoms with Gasteiger partial charge in [-0.1, -0.05) is 121 Å². The minimum Gasteiger partial charge on any atom is -0.0616 e. The molecule has 0 heterocycles. The fourth-order valence-corrected chi connectivity index (χ4v) is 7.16. The first-order valence-corrected chi connectivity index (χ1v) is 13.1. The highest BCUT2D eigenvalue weighted by Gasteiger charge is 2.27. The molecule has 9 rings (SSSR count). The molecule has 0 radical (unpaired) electrons. The van der Waals surface area contributed by atoms with Crippen LogP contribution in [-0.4, -0.2) is 0 Å². The zero-order valence-corrected chi connectivity index (χ0v) is 20.3. The summed E-state index contributed by atoms with van der Waals surface area (Å²) in [6, 6.07) is 45.2. The van der Waals surface area contributed by atoms with Gasteiger partial charge in [0.15, 0.2) is 0 Å². The van der Waals surface area contributed by atoms with Gasteiger partial charge in [-0.2, -0.15) is 0 Å². The molecule has 37 heavy (non-hydrogen) atoms. The Kier molecular flexibility index (Phi) is 3.67. The summed E-state index contributed by atoms with van der Waals surface area (Å²) < 4.78 is 0. The predicted octanol–water partition coefficient (Wildman–Crippen LogP) is 10.2. The van der Waals surface area contributed by atoms with Gasteiger partial charge >= 0.3 is 0 Å². The van der Waals surface area contributed by atoms with Crippen LogP contribution in [-0.2, 0) is 6.42 Å². The van der Waals surface area contributed by atoms with E-state index in [2.05, 4.69) is 121 Å². The third-order valence-corrected chi connectivity index (χ3v) is 8.63. The van der Waals surface area contributed by atoms with Gasteiger partial charge in [0.25, 0.3) is 0 Å². The maximum atomic E-state index is 2.39. The van der Waals surface area contributed by atoms with Crippen molar-refractivity contribution >= 4 is 64.6 Å². The third kappa shape index (κ3) is 2.43. The standard InChI is InChI=1S/C37H22/c1-2-10-24-22(9-1)17-19-32-33-21-23-18-20-31-27-13-4-3-11-25(27)26-12-5-6-14-28(26)36(31)34(23)37(33)30-16-8-7-15-29(30)35(24)32/h1-20H,21H2. The average molecular weight is 467 g/mol. The van der Waals surface area contributed by atoms with Crippen LogP contribution in [0.25, 0.3) is 75.8 Å². The Morgan fingerprint density at radius 3 is 1.57 bits per heavy atom. The van der Waals surface area contributed by atoms with E-state index in [1.165, 1.54) is 86.9 Å². The summed E-state index contributed by atoms with van der Waals surface area (Å²) in [6.45, 7) is 0. The monoisotopic (exact) mass is 466 g/mol. The van der Waals surface area contributed by atoms with Crippen LogP contribution in [0.15, 0.2) is 121 Å². The van der Waals surface area contributed by atoms with E-state index in [1.54, 1.807) is 0 Å². The Morgan fingerprint density at radius 1 is 0.324 bits per heavy atom. The maximum Gasteiger partial charge on any atom is -0.000682 e. The van der Waals surface area contributed by atoms with Crippen LogP contribution in [0, 0.1) is 0 Å². The van der Waals surface area contributed by atoms with E-state index in [4.69, 9.17) is 0 Å². The molecule has 1 aliphatic rings. The van der Waals surface area contributed by atoms with Gasteiger partial charge in [0.1, 0.15) is 0 Å². The smallest absolute Gasteiger partial charge is 0.000682 e. The molecule has 0 N–H and O–H groups in total. The van der Waals surface area contributed by atoms with Gasteiger partial charge in [-0.25, -0.2) is 0 Å². The van der Waals surface area contributed by atoms with E-state index in [9.17, 15) is 0 Å². The molecule has 0 bridgehead atoms. The lowest BCUT2D eigenvalue weighted by atomic mass is 9.86. The quantitative estimate of drug-likeness (QED) is 0.195. The molecule has 0 saturated heterocycles. The molecule has 0 spiro atoms. The molecule has 0 atom stereocenters. The highest BCUT2D eigenvalue weighted by atomic mass is 14.3. The average Bonchev–Trinajstić information content (AvgIpc) is 3.37. The van der Waals surface area contributed by atoms with Crippen molar-refractivity contribution < 1.29 is 0 Å². The molecule has 8 aromatic carbocycles. The molecule has 8 aromatic rings. The Bertz CT molecular complexity index is 2230. The van der Waals surface area contributed by atoms with Crippen molar-refractivity contribution in [3.8, 4) is 11.1 Å². The van der Waals surface area contributed by atoms with E-state index in [0.29, 0.717) is 0 Å². The first-order valence-electron chi connectivity index (χ1n) is 13.1. The van der Waals surface area contributed by atoms with Crippen LogP contribution in [0.4, 0.5) is 0 Å². The third-order valence-electron chi connectivity index (χ3n) is 8.63. The summed E-state index contributed by atoms with van der Waals surface area (Å²) in [7, 11) is 0. The topological polar surface area (TPSA) is 0 Å². The second-order valence-corrected chi connectivity index (χ2v) is 10.4. The molecular formula is C37H22. The fourth-order valence-electron chi connectivity index (χ4n) is 7.16. The lowest BCUT2D eigenvalue weighted by molar-refractivity contribution is 1.29. The first-order chi connectivity index (χ1) is 18.4. The molecular weight excluding hydrogens is 444 g/mol.